The number of rotatable bonds is 6. The highest BCUT2D eigenvalue weighted by molar-refractivity contribution is 7.23. The molecule has 4 aromatic rings. The molecule has 0 saturated carbocycles. The second-order valence-corrected chi connectivity index (χ2v) is 9.92. The zero-order valence-electron chi connectivity index (χ0n) is 19.6. The van der Waals surface area contributed by atoms with Crippen LogP contribution in [0.2, 0.25) is 0 Å². The molecule has 0 radical (unpaired) electrons. The summed E-state index contributed by atoms with van der Waals surface area (Å²) in [5, 5.41) is 5.37. The number of piperidine rings is 1. The summed E-state index contributed by atoms with van der Waals surface area (Å²) in [6, 6.07) is 21.0. The van der Waals surface area contributed by atoms with Crippen LogP contribution in [0.15, 0.2) is 71.5 Å². The molecular formula is C28H29N3O2S. The Kier molecular flexibility index (Phi) is 6.35. The van der Waals surface area contributed by atoms with Gasteiger partial charge < -0.3 is 10.2 Å². The second kappa shape index (κ2) is 9.57. The number of aromatic nitrogens is 1. The Hall–Kier alpha value is -3.22. The number of pyridine rings is 1. The van der Waals surface area contributed by atoms with E-state index in [9.17, 15) is 9.59 Å². The summed E-state index contributed by atoms with van der Waals surface area (Å²) in [4.78, 5) is 30.0. The minimum atomic E-state index is -0.0997. The molecule has 2 aromatic heterocycles. The fourth-order valence-electron chi connectivity index (χ4n) is 4.74. The van der Waals surface area contributed by atoms with Crippen molar-refractivity contribution < 1.29 is 4.79 Å². The second-order valence-electron chi connectivity index (χ2n) is 8.92. The average molecular weight is 472 g/mol. The van der Waals surface area contributed by atoms with E-state index in [-0.39, 0.29) is 11.3 Å². The number of anilines is 1. The number of hydrogen-bond acceptors (Lipinski definition) is 5. The third kappa shape index (κ3) is 4.31. The summed E-state index contributed by atoms with van der Waals surface area (Å²) in [5.74, 6) is -0.0123. The number of likely N-dealkylation sites (tertiary alicyclic amines) is 1. The summed E-state index contributed by atoms with van der Waals surface area (Å²) in [6.07, 6.45) is 2.07. The van der Waals surface area contributed by atoms with Gasteiger partial charge in [0.05, 0.1) is 11.3 Å². The van der Waals surface area contributed by atoms with E-state index in [4.69, 9.17) is 0 Å². The minimum absolute atomic E-state index is 0.0123. The Morgan fingerprint density at radius 1 is 1.03 bits per heavy atom. The fourth-order valence-corrected chi connectivity index (χ4v) is 6.03. The molecule has 5 nitrogen and oxygen atoms in total. The largest absolute Gasteiger partial charge is 0.373 e. The van der Waals surface area contributed by atoms with E-state index in [2.05, 4.69) is 17.1 Å². The van der Waals surface area contributed by atoms with Gasteiger partial charge in [-0.15, -0.1) is 0 Å². The predicted octanol–water partition coefficient (Wildman–Crippen LogP) is 5.49. The van der Waals surface area contributed by atoms with E-state index in [0.29, 0.717) is 17.2 Å². The van der Waals surface area contributed by atoms with E-state index >= 15 is 0 Å². The van der Waals surface area contributed by atoms with Crippen LogP contribution >= 0.6 is 11.3 Å². The third-order valence-electron chi connectivity index (χ3n) is 6.63. The Balaban J connectivity index is 1.65. The molecule has 1 fully saturated rings. The number of nitrogens with one attached hydrogen (secondary N) is 1. The van der Waals surface area contributed by atoms with Crippen LogP contribution in [0.3, 0.4) is 0 Å². The van der Waals surface area contributed by atoms with Crippen molar-refractivity contribution in [3.63, 3.8) is 0 Å². The molecule has 0 atom stereocenters. The van der Waals surface area contributed by atoms with Crippen molar-refractivity contribution in [1.29, 1.82) is 0 Å². The first-order valence-corrected chi connectivity index (χ1v) is 12.7. The Bertz CT molecular complexity index is 1380. The number of hydrogen-bond donors (Lipinski definition) is 1. The number of benzene rings is 2. The summed E-state index contributed by atoms with van der Waals surface area (Å²) in [5.41, 5.74) is 3.08. The first-order valence-electron chi connectivity index (χ1n) is 11.9. The van der Waals surface area contributed by atoms with Crippen molar-refractivity contribution >= 4 is 32.3 Å². The minimum Gasteiger partial charge on any atom is -0.373 e. The predicted molar refractivity (Wildman–Crippen MR) is 141 cm³/mol. The SMILES string of the molecule is CCN1CCC(Nc2sc3c(ccc(=O)n3-c3ccccc3)c2C(=O)c2cccc(C)c2)CC1. The van der Waals surface area contributed by atoms with Gasteiger partial charge in [0.1, 0.15) is 9.83 Å². The maximum atomic E-state index is 13.8. The lowest BCUT2D eigenvalue weighted by Crippen LogP contribution is -2.38. The van der Waals surface area contributed by atoms with Crippen molar-refractivity contribution in [3.8, 4) is 5.69 Å². The molecule has 1 aliphatic rings. The van der Waals surface area contributed by atoms with Crippen LogP contribution in [0.1, 0.15) is 41.3 Å². The van der Waals surface area contributed by atoms with Crippen molar-refractivity contribution in [1.82, 2.24) is 9.47 Å². The number of fused-ring (bicyclic) bond motifs is 1. The Morgan fingerprint density at radius 3 is 2.50 bits per heavy atom. The maximum absolute atomic E-state index is 13.8. The Morgan fingerprint density at radius 2 is 1.79 bits per heavy atom. The van der Waals surface area contributed by atoms with Gasteiger partial charge in [0.15, 0.2) is 5.78 Å². The molecule has 3 heterocycles. The molecule has 2 aromatic carbocycles. The normalized spacial score (nSPS) is 15.0. The molecule has 1 N–H and O–H groups in total. The third-order valence-corrected chi connectivity index (χ3v) is 7.76. The van der Waals surface area contributed by atoms with Crippen LogP contribution in [0.5, 0.6) is 0 Å². The van der Waals surface area contributed by atoms with Crippen LogP contribution in [-0.2, 0) is 0 Å². The molecular weight excluding hydrogens is 442 g/mol. The smallest absolute Gasteiger partial charge is 0.256 e. The van der Waals surface area contributed by atoms with E-state index < -0.39 is 0 Å². The van der Waals surface area contributed by atoms with Crippen molar-refractivity contribution in [2.24, 2.45) is 0 Å². The highest BCUT2D eigenvalue weighted by atomic mass is 32.1. The van der Waals surface area contributed by atoms with Gasteiger partial charge in [0.2, 0.25) is 0 Å². The number of nitrogens with zero attached hydrogens (tertiary/aromatic N) is 2. The van der Waals surface area contributed by atoms with Gasteiger partial charge >= 0.3 is 0 Å². The molecule has 0 amide bonds. The number of para-hydroxylation sites is 1. The standard InChI is InChI=1S/C28H29N3O2S/c1-3-30-16-14-21(15-17-30)29-27-25(26(33)20-9-7-8-19(2)18-20)23-12-13-24(32)31(28(23)34-27)22-10-5-4-6-11-22/h4-13,18,21,29H,3,14-17H2,1-2H3. The molecule has 34 heavy (non-hydrogen) atoms. The summed E-state index contributed by atoms with van der Waals surface area (Å²) in [7, 11) is 0. The van der Waals surface area contributed by atoms with Gasteiger partial charge in [-0.1, -0.05) is 60.2 Å². The van der Waals surface area contributed by atoms with Crippen LogP contribution in [0.4, 0.5) is 5.00 Å². The molecule has 0 bridgehead atoms. The molecule has 6 heteroatoms. The van der Waals surface area contributed by atoms with E-state index in [0.717, 1.165) is 58.9 Å². The van der Waals surface area contributed by atoms with Crippen LogP contribution in [-0.4, -0.2) is 40.9 Å². The molecule has 174 valence electrons. The zero-order valence-corrected chi connectivity index (χ0v) is 20.4. The zero-order chi connectivity index (χ0) is 23.7. The van der Waals surface area contributed by atoms with Crippen LogP contribution in [0.25, 0.3) is 15.9 Å². The lowest BCUT2D eigenvalue weighted by molar-refractivity contribution is 0.104. The van der Waals surface area contributed by atoms with Gasteiger partial charge in [0, 0.05) is 36.1 Å². The lowest BCUT2D eigenvalue weighted by atomic mass is 10.00. The molecule has 0 unspecified atom stereocenters. The van der Waals surface area contributed by atoms with Gasteiger partial charge in [-0.2, -0.15) is 0 Å². The van der Waals surface area contributed by atoms with Gasteiger partial charge in [0.25, 0.3) is 5.56 Å². The highest BCUT2D eigenvalue weighted by Crippen LogP contribution is 2.38. The van der Waals surface area contributed by atoms with E-state index in [1.54, 1.807) is 10.6 Å². The van der Waals surface area contributed by atoms with E-state index in [1.165, 1.54) is 11.3 Å². The Labute approximate surface area is 203 Å². The quantitative estimate of drug-likeness (QED) is 0.378. The average Bonchev–Trinajstić information content (AvgIpc) is 3.22. The maximum Gasteiger partial charge on any atom is 0.256 e. The van der Waals surface area contributed by atoms with Crippen molar-refractivity contribution in [3.05, 3.63) is 93.8 Å². The van der Waals surface area contributed by atoms with Crippen molar-refractivity contribution in [2.45, 2.75) is 32.7 Å². The van der Waals surface area contributed by atoms with Crippen molar-refractivity contribution in [2.75, 3.05) is 25.0 Å². The molecule has 5 rings (SSSR count). The van der Waals surface area contributed by atoms with Gasteiger partial charge in [-0.25, -0.2) is 0 Å². The molecule has 1 saturated heterocycles. The van der Waals surface area contributed by atoms with E-state index in [1.807, 2.05) is 67.6 Å². The van der Waals surface area contributed by atoms with Crippen LogP contribution in [0, 0.1) is 6.92 Å². The molecule has 0 aliphatic carbocycles. The fraction of sp³-hybridized carbons (Fsp3) is 0.286. The monoisotopic (exact) mass is 471 g/mol. The first-order chi connectivity index (χ1) is 16.5. The number of aryl methyl sites for hydroxylation is 1. The number of carbonyl (C=O) groups excluding carboxylic acids is 1. The molecule has 0 spiro atoms. The molecule has 1 aliphatic heterocycles. The first kappa shape index (κ1) is 22.6. The number of ketones is 1. The van der Waals surface area contributed by atoms with Gasteiger partial charge in [-0.3, -0.25) is 14.2 Å². The summed E-state index contributed by atoms with van der Waals surface area (Å²) < 4.78 is 1.72. The van der Waals surface area contributed by atoms with Gasteiger partial charge in [-0.05, 0) is 50.6 Å². The summed E-state index contributed by atoms with van der Waals surface area (Å²) >= 11 is 1.50. The number of thiophene rings is 1. The van der Waals surface area contributed by atoms with Crippen LogP contribution < -0.4 is 10.9 Å². The topological polar surface area (TPSA) is 54.3 Å². The lowest BCUT2D eigenvalue weighted by Gasteiger charge is -2.31. The highest BCUT2D eigenvalue weighted by Gasteiger charge is 2.26. The number of carbonyl (C=O) groups is 1. The summed E-state index contributed by atoms with van der Waals surface area (Å²) in [6.45, 7) is 7.36.